The normalized spacial score (nSPS) is 15.6. The van der Waals surface area contributed by atoms with E-state index in [-0.39, 0.29) is 18.4 Å². The van der Waals surface area contributed by atoms with Crippen LogP contribution in [0.3, 0.4) is 0 Å². The molecule has 0 radical (unpaired) electrons. The van der Waals surface area contributed by atoms with Crippen LogP contribution in [-0.2, 0) is 16.1 Å². The summed E-state index contributed by atoms with van der Waals surface area (Å²) in [4.78, 5) is 30.5. The monoisotopic (exact) mass is 420 g/mol. The molecule has 9 heteroatoms. The minimum absolute atomic E-state index is 0.0757. The number of hydrogen-bond donors (Lipinski definition) is 1. The van der Waals surface area contributed by atoms with Gasteiger partial charge in [-0.15, -0.1) is 0 Å². The van der Waals surface area contributed by atoms with Gasteiger partial charge >= 0.3 is 0 Å². The molecule has 2 amide bonds. The van der Waals surface area contributed by atoms with E-state index >= 15 is 0 Å². The second-order valence-electron chi connectivity index (χ2n) is 5.82. The van der Waals surface area contributed by atoms with Gasteiger partial charge in [-0.05, 0) is 30.2 Å². The van der Waals surface area contributed by atoms with Crippen molar-refractivity contribution in [1.82, 2.24) is 19.8 Å². The fourth-order valence-corrected chi connectivity index (χ4v) is 3.84. The van der Waals surface area contributed by atoms with Gasteiger partial charge in [-0.1, -0.05) is 47.7 Å². The van der Waals surface area contributed by atoms with E-state index in [4.69, 9.17) is 23.8 Å². The zero-order valence-corrected chi connectivity index (χ0v) is 16.7. The van der Waals surface area contributed by atoms with Gasteiger partial charge in [-0.25, -0.2) is 4.98 Å². The fourth-order valence-electron chi connectivity index (χ4n) is 2.45. The third-order valence-electron chi connectivity index (χ3n) is 3.82. The maximum Gasteiger partial charge on any atom is 0.266 e. The number of imidazole rings is 1. The van der Waals surface area contributed by atoms with E-state index in [9.17, 15) is 9.59 Å². The minimum atomic E-state index is -0.256. The molecule has 0 saturated carbocycles. The zero-order chi connectivity index (χ0) is 19.2. The number of benzene rings is 1. The molecular weight excluding hydrogens is 404 g/mol. The molecule has 2 heterocycles. The quantitative estimate of drug-likeness (QED) is 0.423. The highest BCUT2D eigenvalue weighted by Crippen LogP contribution is 2.32. The summed E-state index contributed by atoms with van der Waals surface area (Å²) in [6.07, 6.45) is 7.84. The number of aromatic nitrogens is 2. The van der Waals surface area contributed by atoms with E-state index in [0.717, 1.165) is 18.5 Å². The second-order valence-corrected chi connectivity index (χ2v) is 7.94. The van der Waals surface area contributed by atoms with Crippen molar-refractivity contribution in [2.24, 2.45) is 0 Å². The fraction of sp³-hybridized carbons (Fsp3) is 0.222. The van der Waals surface area contributed by atoms with E-state index in [0.29, 0.717) is 20.8 Å². The lowest BCUT2D eigenvalue weighted by molar-refractivity contribution is -0.128. The van der Waals surface area contributed by atoms with E-state index in [2.05, 4.69) is 10.3 Å². The van der Waals surface area contributed by atoms with Gasteiger partial charge in [0.15, 0.2) is 0 Å². The van der Waals surface area contributed by atoms with E-state index in [1.807, 2.05) is 22.9 Å². The molecule has 2 aromatic rings. The van der Waals surface area contributed by atoms with E-state index in [1.54, 1.807) is 30.7 Å². The molecule has 1 aliphatic rings. The Labute approximate surface area is 171 Å². The number of aryl methyl sites for hydroxylation is 1. The van der Waals surface area contributed by atoms with Gasteiger partial charge in [0.1, 0.15) is 10.9 Å². The van der Waals surface area contributed by atoms with Crippen molar-refractivity contribution in [3.8, 4) is 0 Å². The second kappa shape index (κ2) is 9.16. The van der Waals surface area contributed by atoms with Crippen molar-refractivity contribution in [2.75, 3.05) is 13.1 Å². The lowest BCUT2D eigenvalue weighted by Gasteiger charge is -2.14. The number of nitrogens with one attached hydrogen (secondary N) is 1. The zero-order valence-electron chi connectivity index (χ0n) is 14.3. The number of carbonyl (C=O) groups is 2. The van der Waals surface area contributed by atoms with Crippen LogP contribution >= 0.6 is 35.6 Å². The van der Waals surface area contributed by atoms with Gasteiger partial charge in [0.25, 0.3) is 5.91 Å². The molecule has 1 fully saturated rings. The van der Waals surface area contributed by atoms with Crippen molar-refractivity contribution < 1.29 is 9.59 Å². The SMILES string of the molecule is O=C(CN1C(=O)/C(=C/c2ccc(Cl)cc2)SC1=S)NCCCn1ccnc1. The van der Waals surface area contributed by atoms with Crippen LogP contribution in [0.5, 0.6) is 0 Å². The van der Waals surface area contributed by atoms with Crippen LogP contribution in [0.2, 0.25) is 5.02 Å². The van der Waals surface area contributed by atoms with Crippen LogP contribution in [0.15, 0.2) is 47.9 Å². The predicted octanol–water partition coefficient (Wildman–Crippen LogP) is 2.94. The molecule has 6 nitrogen and oxygen atoms in total. The number of hydrogen-bond acceptors (Lipinski definition) is 5. The molecule has 140 valence electrons. The van der Waals surface area contributed by atoms with E-state index < -0.39 is 0 Å². The van der Waals surface area contributed by atoms with Gasteiger partial charge in [0.2, 0.25) is 5.91 Å². The van der Waals surface area contributed by atoms with Crippen molar-refractivity contribution in [3.63, 3.8) is 0 Å². The first-order valence-electron chi connectivity index (χ1n) is 8.26. The smallest absolute Gasteiger partial charge is 0.266 e. The third-order valence-corrected chi connectivity index (χ3v) is 5.45. The summed E-state index contributed by atoms with van der Waals surface area (Å²) in [6.45, 7) is 1.21. The molecule has 1 aromatic carbocycles. The lowest BCUT2D eigenvalue weighted by Crippen LogP contribution is -2.39. The number of rotatable bonds is 7. The molecule has 1 aliphatic heterocycles. The summed E-state index contributed by atoms with van der Waals surface area (Å²) in [6, 6.07) is 7.15. The Kier molecular flexibility index (Phi) is 6.65. The number of carbonyl (C=O) groups excluding carboxylic acids is 2. The van der Waals surface area contributed by atoms with Gasteiger partial charge < -0.3 is 9.88 Å². The lowest BCUT2D eigenvalue weighted by atomic mass is 10.2. The first-order valence-corrected chi connectivity index (χ1v) is 9.86. The highest BCUT2D eigenvalue weighted by Gasteiger charge is 2.33. The highest BCUT2D eigenvalue weighted by molar-refractivity contribution is 8.26. The average molecular weight is 421 g/mol. The summed E-state index contributed by atoms with van der Waals surface area (Å²) in [5, 5.41) is 3.44. The predicted molar refractivity (Wildman–Crippen MR) is 111 cm³/mol. The Balaban J connectivity index is 1.50. The topological polar surface area (TPSA) is 67.2 Å². The Bertz CT molecular complexity index is 866. The maximum atomic E-state index is 12.5. The third kappa shape index (κ3) is 5.41. The Morgan fingerprint density at radius 3 is 2.81 bits per heavy atom. The first kappa shape index (κ1) is 19.6. The summed E-state index contributed by atoms with van der Waals surface area (Å²) in [7, 11) is 0. The first-order chi connectivity index (χ1) is 13.0. The standard InChI is InChI=1S/C18H17ClN4O2S2/c19-14-4-2-13(3-5-14)10-15-17(25)23(18(26)27-15)11-16(24)21-6-1-8-22-9-7-20-12-22/h2-5,7,9-10,12H,1,6,8,11H2,(H,21,24)/b15-10-. The summed E-state index contributed by atoms with van der Waals surface area (Å²) in [5.74, 6) is -0.488. The Morgan fingerprint density at radius 1 is 1.33 bits per heavy atom. The van der Waals surface area contributed by atoms with Crippen LogP contribution in [0.4, 0.5) is 0 Å². The van der Waals surface area contributed by atoms with Gasteiger partial charge in [-0.3, -0.25) is 14.5 Å². The molecule has 3 rings (SSSR count). The Morgan fingerprint density at radius 2 is 2.11 bits per heavy atom. The van der Waals surface area contributed by atoms with Crippen molar-refractivity contribution >= 4 is 57.8 Å². The van der Waals surface area contributed by atoms with Crippen LogP contribution in [0, 0.1) is 0 Å². The molecule has 0 unspecified atom stereocenters. The largest absolute Gasteiger partial charge is 0.354 e. The highest BCUT2D eigenvalue weighted by atomic mass is 35.5. The van der Waals surface area contributed by atoms with Crippen LogP contribution in [0.25, 0.3) is 6.08 Å². The molecule has 0 aliphatic carbocycles. The van der Waals surface area contributed by atoms with Crippen molar-refractivity contribution in [2.45, 2.75) is 13.0 Å². The molecule has 1 saturated heterocycles. The summed E-state index contributed by atoms with van der Waals surface area (Å²) in [5.41, 5.74) is 0.851. The molecule has 0 spiro atoms. The van der Waals surface area contributed by atoms with Crippen molar-refractivity contribution in [3.05, 3.63) is 58.5 Å². The summed E-state index contributed by atoms with van der Waals surface area (Å²) >= 11 is 12.3. The molecular formula is C18H17ClN4O2S2. The number of halogens is 1. The van der Waals surface area contributed by atoms with Crippen LogP contribution in [0.1, 0.15) is 12.0 Å². The number of thioether (sulfide) groups is 1. The Hall–Kier alpha value is -2.16. The van der Waals surface area contributed by atoms with Gasteiger partial charge in [0, 0.05) is 30.5 Å². The number of amides is 2. The number of thiocarbonyl (C=S) groups is 1. The van der Waals surface area contributed by atoms with E-state index in [1.165, 1.54) is 16.7 Å². The molecule has 1 aromatic heterocycles. The van der Waals surface area contributed by atoms with Crippen molar-refractivity contribution in [1.29, 1.82) is 0 Å². The van der Waals surface area contributed by atoms with Crippen LogP contribution < -0.4 is 5.32 Å². The van der Waals surface area contributed by atoms with Gasteiger partial charge in [-0.2, -0.15) is 0 Å². The maximum absolute atomic E-state index is 12.5. The number of nitrogens with zero attached hydrogens (tertiary/aromatic N) is 3. The molecule has 0 bridgehead atoms. The van der Waals surface area contributed by atoms with Crippen LogP contribution in [-0.4, -0.2) is 43.7 Å². The molecule has 27 heavy (non-hydrogen) atoms. The average Bonchev–Trinajstić information content (AvgIpc) is 3.25. The molecule has 0 atom stereocenters. The molecule has 1 N–H and O–H groups in total. The minimum Gasteiger partial charge on any atom is -0.354 e. The van der Waals surface area contributed by atoms with Gasteiger partial charge in [0.05, 0.1) is 11.2 Å². The summed E-state index contributed by atoms with van der Waals surface area (Å²) < 4.78 is 2.32.